The van der Waals surface area contributed by atoms with E-state index in [-0.39, 0.29) is 5.70 Å². The third kappa shape index (κ3) is 2.44. The van der Waals surface area contributed by atoms with Gasteiger partial charge < -0.3 is 4.74 Å². The molecule has 7 heteroatoms. The summed E-state index contributed by atoms with van der Waals surface area (Å²) >= 11 is 7.62. The second-order valence-electron chi connectivity index (χ2n) is 5.48. The van der Waals surface area contributed by atoms with Crippen LogP contribution in [0.5, 0.6) is 0 Å². The van der Waals surface area contributed by atoms with E-state index in [1.165, 1.54) is 16.9 Å². The Bertz CT molecular complexity index is 1050. The fourth-order valence-corrected chi connectivity index (χ4v) is 3.44. The number of thiazole rings is 1. The molecule has 0 spiro atoms. The molecule has 0 aliphatic carbocycles. The van der Waals surface area contributed by atoms with Crippen molar-refractivity contribution in [2.45, 2.75) is 13.8 Å². The SMILES string of the molecule is Cc1ccc(C2=N/C(=C/c3c(Cl)nc4sccn34)C(=O)O2)cc1C. The largest absolute Gasteiger partial charge is 0.402 e. The summed E-state index contributed by atoms with van der Waals surface area (Å²) in [5.74, 6) is -0.193. The first-order chi connectivity index (χ1) is 11.5. The lowest BCUT2D eigenvalue weighted by Crippen LogP contribution is -2.05. The lowest BCUT2D eigenvalue weighted by molar-refractivity contribution is -0.129. The van der Waals surface area contributed by atoms with Gasteiger partial charge in [0.1, 0.15) is 0 Å². The number of aliphatic imine (C=N–C) groups is 1. The molecule has 0 saturated carbocycles. The maximum Gasteiger partial charge on any atom is 0.363 e. The molecule has 1 aliphatic rings. The van der Waals surface area contributed by atoms with Gasteiger partial charge in [0.15, 0.2) is 15.8 Å². The van der Waals surface area contributed by atoms with Crippen molar-refractivity contribution >= 4 is 45.8 Å². The summed E-state index contributed by atoms with van der Waals surface area (Å²) in [6.07, 6.45) is 3.45. The number of ether oxygens (including phenoxy) is 1. The monoisotopic (exact) mass is 357 g/mol. The van der Waals surface area contributed by atoms with Crippen LogP contribution in [-0.2, 0) is 9.53 Å². The molecule has 24 heavy (non-hydrogen) atoms. The lowest BCUT2D eigenvalue weighted by Gasteiger charge is -2.03. The number of cyclic esters (lactones) is 1. The molecule has 0 radical (unpaired) electrons. The number of aryl methyl sites for hydroxylation is 2. The molecular weight excluding hydrogens is 346 g/mol. The predicted molar refractivity (Wildman–Crippen MR) is 94.6 cm³/mol. The molecule has 0 unspecified atom stereocenters. The zero-order chi connectivity index (χ0) is 16.8. The number of benzene rings is 1. The average molecular weight is 358 g/mol. The molecule has 5 nitrogen and oxygen atoms in total. The highest BCUT2D eigenvalue weighted by Crippen LogP contribution is 2.26. The van der Waals surface area contributed by atoms with Gasteiger partial charge in [-0.1, -0.05) is 17.7 Å². The second kappa shape index (κ2) is 5.58. The Morgan fingerprint density at radius 3 is 2.92 bits per heavy atom. The van der Waals surface area contributed by atoms with Gasteiger partial charge in [-0.15, -0.1) is 11.3 Å². The number of aromatic nitrogens is 2. The van der Waals surface area contributed by atoms with Crippen LogP contribution in [0.2, 0.25) is 5.15 Å². The quantitative estimate of drug-likeness (QED) is 0.514. The summed E-state index contributed by atoms with van der Waals surface area (Å²) in [5, 5.41) is 2.23. The first-order valence-corrected chi connectivity index (χ1v) is 8.50. The minimum Gasteiger partial charge on any atom is -0.402 e. The molecule has 2 aromatic heterocycles. The van der Waals surface area contributed by atoms with E-state index >= 15 is 0 Å². The Morgan fingerprint density at radius 1 is 1.29 bits per heavy atom. The maximum atomic E-state index is 12.1. The number of rotatable bonds is 2. The Morgan fingerprint density at radius 2 is 2.12 bits per heavy atom. The van der Waals surface area contributed by atoms with E-state index in [0.29, 0.717) is 16.7 Å². The molecule has 0 bridgehead atoms. The van der Waals surface area contributed by atoms with Crippen molar-refractivity contribution in [3.05, 3.63) is 63.0 Å². The highest BCUT2D eigenvalue weighted by molar-refractivity contribution is 7.15. The normalized spacial score (nSPS) is 16.0. The fraction of sp³-hybridized carbons (Fsp3) is 0.118. The van der Waals surface area contributed by atoms with Crippen molar-refractivity contribution in [3.8, 4) is 0 Å². The van der Waals surface area contributed by atoms with E-state index in [1.807, 2.05) is 48.0 Å². The van der Waals surface area contributed by atoms with E-state index in [1.54, 1.807) is 6.08 Å². The Hall–Kier alpha value is -2.44. The number of hydrogen-bond donors (Lipinski definition) is 0. The van der Waals surface area contributed by atoms with Crippen molar-refractivity contribution in [1.82, 2.24) is 9.38 Å². The van der Waals surface area contributed by atoms with Gasteiger partial charge >= 0.3 is 5.97 Å². The third-order valence-corrected chi connectivity index (χ3v) is 4.94. The smallest absolute Gasteiger partial charge is 0.363 e. The number of carbonyl (C=O) groups excluding carboxylic acids is 1. The lowest BCUT2D eigenvalue weighted by atomic mass is 10.1. The van der Waals surface area contributed by atoms with E-state index in [9.17, 15) is 4.79 Å². The van der Waals surface area contributed by atoms with Gasteiger partial charge in [0, 0.05) is 17.1 Å². The number of esters is 1. The van der Waals surface area contributed by atoms with Crippen LogP contribution in [0.3, 0.4) is 0 Å². The fourth-order valence-electron chi connectivity index (χ4n) is 2.44. The number of hydrogen-bond acceptors (Lipinski definition) is 5. The molecule has 120 valence electrons. The third-order valence-electron chi connectivity index (χ3n) is 3.90. The first-order valence-electron chi connectivity index (χ1n) is 7.24. The topological polar surface area (TPSA) is 56.0 Å². The van der Waals surface area contributed by atoms with Gasteiger partial charge in [0.25, 0.3) is 0 Å². The summed E-state index contributed by atoms with van der Waals surface area (Å²) < 4.78 is 7.13. The maximum absolute atomic E-state index is 12.1. The molecule has 0 atom stereocenters. The van der Waals surface area contributed by atoms with Gasteiger partial charge in [-0.2, -0.15) is 0 Å². The van der Waals surface area contributed by atoms with Gasteiger partial charge in [-0.3, -0.25) is 4.40 Å². The summed E-state index contributed by atoms with van der Waals surface area (Å²) in [5.41, 5.74) is 3.88. The Balaban J connectivity index is 1.77. The van der Waals surface area contributed by atoms with Crippen molar-refractivity contribution < 1.29 is 9.53 Å². The Labute approximate surface area is 146 Å². The zero-order valence-electron chi connectivity index (χ0n) is 12.9. The van der Waals surface area contributed by atoms with Crippen LogP contribution in [0.1, 0.15) is 22.4 Å². The van der Waals surface area contributed by atoms with Crippen LogP contribution >= 0.6 is 22.9 Å². The van der Waals surface area contributed by atoms with Crippen molar-refractivity contribution in [2.24, 2.45) is 4.99 Å². The minimum absolute atomic E-state index is 0.207. The molecular formula is C17H12ClN3O2S. The van der Waals surface area contributed by atoms with Crippen LogP contribution in [0.25, 0.3) is 11.0 Å². The van der Waals surface area contributed by atoms with Crippen LogP contribution in [0, 0.1) is 13.8 Å². The number of imidazole rings is 1. The Kier molecular flexibility index (Phi) is 3.51. The highest BCUT2D eigenvalue weighted by atomic mass is 35.5. The van der Waals surface area contributed by atoms with Gasteiger partial charge in [-0.05, 0) is 43.2 Å². The molecule has 3 aromatic rings. The molecule has 1 aliphatic heterocycles. The van der Waals surface area contributed by atoms with Crippen LogP contribution in [0.15, 0.2) is 40.5 Å². The predicted octanol–water partition coefficient (Wildman–Crippen LogP) is 4.01. The number of nitrogens with zero attached hydrogens (tertiary/aromatic N) is 3. The average Bonchev–Trinajstić information content (AvgIpc) is 3.20. The van der Waals surface area contributed by atoms with Crippen molar-refractivity contribution in [1.29, 1.82) is 0 Å². The van der Waals surface area contributed by atoms with Crippen LogP contribution in [-0.4, -0.2) is 21.3 Å². The highest BCUT2D eigenvalue weighted by Gasteiger charge is 2.25. The molecule has 0 saturated heterocycles. The summed E-state index contributed by atoms with van der Waals surface area (Å²) in [6.45, 7) is 4.03. The van der Waals surface area contributed by atoms with Crippen LogP contribution in [0.4, 0.5) is 0 Å². The van der Waals surface area contributed by atoms with Gasteiger partial charge in [0.05, 0.1) is 5.69 Å². The van der Waals surface area contributed by atoms with Crippen molar-refractivity contribution in [2.75, 3.05) is 0 Å². The molecule has 4 rings (SSSR count). The molecule has 0 fully saturated rings. The minimum atomic E-state index is -0.496. The number of fused-ring (bicyclic) bond motifs is 1. The summed E-state index contributed by atoms with van der Waals surface area (Å²) in [7, 11) is 0. The van der Waals surface area contributed by atoms with Gasteiger partial charge in [0.2, 0.25) is 5.90 Å². The standard InChI is InChI=1S/C17H12ClN3O2S/c1-9-3-4-11(7-10(9)2)15-19-12(16(22)23-15)8-13-14(18)20-17-21(13)5-6-24-17/h3-8H,1-2H3/b12-8+. The van der Waals surface area contributed by atoms with E-state index < -0.39 is 5.97 Å². The molecule has 0 amide bonds. The van der Waals surface area contributed by atoms with E-state index in [2.05, 4.69) is 9.98 Å². The molecule has 3 heterocycles. The zero-order valence-corrected chi connectivity index (χ0v) is 14.5. The van der Waals surface area contributed by atoms with Gasteiger partial charge in [-0.25, -0.2) is 14.8 Å². The summed E-state index contributed by atoms with van der Waals surface area (Å²) in [6, 6.07) is 5.82. The van der Waals surface area contributed by atoms with Crippen LogP contribution < -0.4 is 0 Å². The number of carbonyl (C=O) groups is 1. The summed E-state index contributed by atoms with van der Waals surface area (Å²) in [4.78, 5) is 21.5. The van der Waals surface area contributed by atoms with Crippen molar-refractivity contribution in [3.63, 3.8) is 0 Å². The number of halogens is 1. The van der Waals surface area contributed by atoms with E-state index in [4.69, 9.17) is 16.3 Å². The second-order valence-corrected chi connectivity index (χ2v) is 6.71. The first kappa shape index (κ1) is 15.1. The van der Waals surface area contributed by atoms with E-state index in [0.717, 1.165) is 16.1 Å². The molecule has 0 N–H and O–H groups in total. The molecule has 1 aromatic carbocycles.